The van der Waals surface area contributed by atoms with Gasteiger partial charge in [-0.05, 0) is 36.8 Å². The van der Waals surface area contributed by atoms with E-state index in [1.807, 2.05) is 30.3 Å². The van der Waals surface area contributed by atoms with Crippen molar-refractivity contribution in [3.05, 3.63) is 77.5 Å². The number of fused-ring (bicyclic) bond motifs is 1. The van der Waals surface area contributed by atoms with Crippen molar-refractivity contribution in [3.63, 3.8) is 0 Å². The Morgan fingerprint density at radius 3 is 2.74 bits per heavy atom. The zero-order valence-electron chi connectivity index (χ0n) is 14.3. The Labute approximate surface area is 161 Å². The highest BCUT2D eigenvalue weighted by Gasteiger charge is 2.28. The van der Waals surface area contributed by atoms with Gasteiger partial charge in [-0.1, -0.05) is 42.0 Å². The highest BCUT2D eigenvalue weighted by atomic mass is 35.5. The molecule has 1 aliphatic carbocycles. The number of aromatic nitrogens is 1. The number of hydrogen-bond acceptors (Lipinski definition) is 3. The van der Waals surface area contributed by atoms with Crippen LogP contribution in [-0.2, 0) is 4.79 Å². The van der Waals surface area contributed by atoms with Gasteiger partial charge < -0.3 is 15.0 Å². The summed E-state index contributed by atoms with van der Waals surface area (Å²) in [5.41, 5.74) is 1.40. The van der Waals surface area contributed by atoms with Crippen molar-refractivity contribution in [2.45, 2.75) is 12.5 Å². The molecule has 1 unspecified atom stereocenters. The summed E-state index contributed by atoms with van der Waals surface area (Å²) in [5.74, 6) is -0.438. The van der Waals surface area contributed by atoms with Gasteiger partial charge in [0.05, 0.1) is 11.4 Å². The van der Waals surface area contributed by atoms with Crippen molar-refractivity contribution in [1.29, 1.82) is 0 Å². The van der Waals surface area contributed by atoms with Gasteiger partial charge in [-0.3, -0.25) is 9.59 Å². The lowest BCUT2D eigenvalue weighted by molar-refractivity contribution is -0.137. The first-order valence-electron chi connectivity index (χ1n) is 8.63. The van der Waals surface area contributed by atoms with E-state index in [0.29, 0.717) is 22.8 Å². The number of esters is 1. The van der Waals surface area contributed by atoms with Gasteiger partial charge in [-0.15, -0.1) is 0 Å². The quantitative estimate of drug-likeness (QED) is 0.528. The predicted octanol–water partition coefficient (Wildman–Crippen LogP) is 4.10. The average Bonchev–Trinajstić information content (AvgIpc) is 3.29. The van der Waals surface area contributed by atoms with Crippen LogP contribution in [0.3, 0.4) is 0 Å². The Kier molecular flexibility index (Phi) is 4.69. The first-order chi connectivity index (χ1) is 13.1. The Morgan fingerprint density at radius 2 is 1.93 bits per heavy atom. The van der Waals surface area contributed by atoms with Gasteiger partial charge in [0.2, 0.25) is 0 Å². The van der Waals surface area contributed by atoms with Crippen LogP contribution in [0.25, 0.3) is 10.9 Å². The normalized spacial score (nSPS) is 18.6. The molecule has 1 aromatic heterocycles. The number of amides is 1. The summed E-state index contributed by atoms with van der Waals surface area (Å²) >= 11 is 5.97. The molecule has 1 aliphatic rings. The van der Waals surface area contributed by atoms with Gasteiger partial charge in [0.15, 0.2) is 5.75 Å². The monoisotopic (exact) mass is 380 g/mol. The number of carbonyl (C=O) groups excluding carboxylic acids is 2. The molecule has 2 aromatic carbocycles. The fraction of sp³-hybridized carbons (Fsp3) is 0.143. The van der Waals surface area contributed by atoms with E-state index in [9.17, 15) is 9.59 Å². The van der Waals surface area contributed by atoms with E-state index in [1.165, 1.54) is 0 Å². The second kappa shape index (κ2) is 7.29. The van der Waals surface area contributed by atoms with Gasteiger partial charge in [0.1, 0.15) is 0 Å². The summed E-state index contributed by atoms with van der Waals surface area (Å²) in [5, 5.41) is 4.32. The van der Waals surface area contributed by atoms with E-state index in [4.69, 9.17) is 16.3 Å². The zero-order chi connectivity index (χ0) is 18.8. The van der Waals surface area contributed by atoms with E-state index in [1.54, 1.807) is 36.5 Å². The molecule has 0 spiro atoms. The van der Waals surface area contributed by atoms with E-state index in [2.05, 4.69) is 10.3 Å². The molecule has 0 bridgehead atoms. The molecule has 0 saturated carbocycles. The van der Waals surface area contributed by atoms with Gasteiger partial charge in [0.25, 0.3) is 5.91 Å². The highest BCUT2D eigenvalue weighted by Crippen LogP contribution is 2.29. The molecule has 27 heavy (non-hydrogen) atoms. The van der Waals surface area contributed by atoms with E-state index in [0.717, 1.165) is 10.9 Å². The summed E-state index contributed by atoms with van der Waals surface area (Å²) in [4.78, 5) is 27.8. The molecule has 2 N–H and O–H groups in total. The maximum absolute atomic E-state index is 12.5. The van der Waals surface area contributed by atoms with Gasteiger partial charge in [-0.2, -0.15) is 0 Å². The van der Waals surface area contributed by atoms with Crippen molar-refractivity contribution in [2.24, 2.45) is 5.92 Å². The minimum absolute atomic E-state index is 0.159. The summed E-state index contributed by atoms with van der Waals surface area (Å²) in [6.07, 6.45) is 5.74. The highest BCUT2D eigenvalue weighted by molar-refractivity contribution is 6.31. The van der Waals surface area contributed by atoms with Crippen LogP contribution in [0.1, 0.15) is 16.8 Å². The molecule has 0 saturated heterocycles. The number of halogens is 1. The molecule has 1 heterocycles. The van der Waals surface area contributed by atoms with Crippen LogP contribution >= 0.6 is 11.6 Å². The minimum atomic E-state index is -0.400. The van der Waals surface area contributed by atoms with E-state index < -0.39 is 5.92 Å². The second-order valence-electron chi connectivity index (χ2n) is 6.44. The molecule has 1 amide bonds. The smallest absolute Gasteiger partial charge is 0.318 e. The number of rotatable bonds is 4. The number of aromatic amines is 1. The Balaban J connectivity index is 1.38. The summed E-state index contributed by atoms with van der Waals surface area (Å²) in [6, 6.07) is 14.1. The van der Waals surface area contributed by atoms with Crippen molar-refractivity contribution < 1.29 is 14.3 Å². The molecule has 4 rings (SSSR count). The van der Waals surface area contributed by atoms with Crippen LogP contribution in [0.15, 0.2) is 66.9 Å². The lowest BCUT2D eigenvalue weighted by Gasteiger charge is -2.13. The van der Waals surface area contributed by atoms with Crippen LogP contribution in [0.4, 0.5) is 0 Å². The maximum atomic E-state index is 12.5. The van der Waals surface area contributed by atoms with E-state index >= 15 is 0 Å². The Hall–Kier alpha value is -3.05. The van der Waals surface area contributed by atoms with Gasteiger partial charge in [-0.25, -0.2) is 0 Å². The van der Waals surface area contributed by atoms with Crippen LogP contribution < -0.4 is 10.1 Å². The van der Waals surface area contributed by atoms with Gasteiger partial charge >= 0.3 is 5.97 Å². The van der Waals surface area contributed by atoms with Crippen molar-refractivity contribution in [1.82, 2.24) is 10.3 Å². The number of carbonyl (C=O) groups is 2. The molecule has 5 nitrogen and oxygen atoms in total. The van der Waals surface area contributed by atoms with Crippen LogP contribution in [0, 0.1) is 5.92 Å². The molecule has 0 fully saturated rings. The first-order valence-corrected chi connectivity index (χ1v) is 9.00. The third kappa shape index (κ3) is 3.73. The third-order valence-corrected chi connectivity index (χ3v) is 4.79. The number of benzene rings is 2. The number of H-pyrrole nitrogens is 1. The third-order valence-electron chi connectivity index (χ3n) is 4.56. The van der Waals surface area contributed by atoms with Crippen molar-refractivity contribution in [3.8, 4) is 5.75 Å². The van der Waals surface area contributed by atoms with Crippen molar-refractivity contribution in [2.75, 3.05) is 0 Å². The molecular weight excluding hydrogens is 364 g/mol. The summed E-state index contributed by atoms with van der Waals surface area (Å²) < 4.78 is 5.55. The minimum Gasteiger partial charge on any atom is -0.424 e. The van der Waals surface area contributed by atoms with Gasteiger partial charge in [0, 0.05) is 28.2 Å². The fourth-order valence-electron chi connectivity index (χ4n) is 3.16. The molecule has 0 radical (unpaired) electrons. The zero-order valence-corrected chi connectivity index (χ0v) is 15.1. The molecule has 3 aromatic rings. The second-order valence-corrected chi connectivity index (χ2v) is 6.87. The molecule has 136 valence electrons. The SMILES string of the molecule is O=C(N[C@H]1C=CC(C(=O)Oc2c[nH]c3cc(Cl)ccc23)C1)c1ccccc1. The standard InChI is InChI=1S/C21H17ClN2O3/c22-15-7-9-17-18(11-15)23-12-19(17)27-21(26)14-6-8-16(10-14)24-20(25)13-4-2-1-3-5-13/h1-9,11-12,14,16,23H,10H2,(H,24,25)/t14?,16-/m0/s1. The number of nitrogens with one attached hydrogen (secondary N) is 2. The molecule has 2 atom stereocenters. The molecule has 0 aliphatic heterocycles. The van der Waals surface area contributed by atoms with Crippen LogP contribution in [0.5, 0.6) is 5.75 Å². The number of hydrogen-bond donors (Lipinski definition) is 2. The Morgan fingerprint density at radius 1 is 1.11 bits per heavy atom. The van der Waals surface area contributed by atoms with Crippen molar-refractivity contribution >= 4 is 34.4 Å². The average molecular weight is 381 g/mol. The first kappa shape index (κ1) is 17.4. The molecule has 6 heteroatoms. The Bertz CT molecular complexity index is 1030. The lowest BCUT2D eigenvalue weighted by atomic mass is 10.1. The summed E-state index contributed by atoms with van der Waals surface area (Å²) in [7, 11) is 0. The predicted molar refractivity (Wildman–Crippen MR) is 104 cm³/mol. The largest absolute Gasteiger partial charge is 0.424 e. The fourth-order valence-corrected chi connectivity index (χ4v) is 3.33. The van der Waals surface area contributed by atoms with E-state index in [-0.39, 0.29) is 17.9 Å². The number of ether oxygens (including phenoxy) is 1. The van der Waals surface area contributed by atoms with Crippen LogP contribution in [-0.4, -0.2) is 22.9 Å². The lowest BCUT2D eigenvalue weighted by Crippen LogP contribution is -2.33. The molecular formula is C21H17ClN2O3. The maximum Gasteiger partial charge on any atom is 0.318 e. The topological polar surface area (TPSA) is 71.2 Å². The van der Waals surface area contributed by atoms with Crippen LogP contribution in [0.2, 0.25) is 5.02 Å². The summed E-state index contributed by atoms with van der Waals surface area (Å²) in [6.45, 7) is 0.